The fourth-order valence-corrected chi connectivity index (χ4v) is 5.05. The minimum atomic E-state index is -1.19. The van der Waals surface area contributed by atoms with Crippen molar-refractivity contribution in [1.82, 2.24) is 35.1 Å². The smallest absolute Gasteiger partial charge is 0.319 e. The number of rotatable bonds is 11. The number of hydrogen-bond donors (Lipinski definition) is 6. The van der Waals surface area contributed by atoms with Gasteiger partial charge in [0.25, 0.3) is 0 Å². The molecule has 1 aliphatic carbocycles. The summed E-state index contributed by atoms with van der Waals surface area (Å²) in [5.74, 6) is 0.661. The van der Waals surface area contributed by atoms with Crippen molar-refractivity contribution in [3.8, 4) is 0 Å². The van der Waals surface area contributed by atoms with Crippen LogP contribution in [0.4, 0.5) is 10.6 Å². The van der Waals surface area contributed by atoms with Crippen molar-refractivity contribution in [2.45, 2.75) is 64.6 Å². The summed E-state index contributed by atoms with van der Waals surface area (Å²) in [6, 6.07) is -0.270. The highest BCUT2D eigenvalue weighted by molar-refractivity contribution is 5.81. The van der Waals surface area contributed by atoms with Gasteiger partial charge in [-0.1, -0.05) is 32.9 Å². The molecule has 1 saturated heterocycles. The van der Waals surface area contributed by atoms with Gasteiger partial charge in [-0.05, 0) is 49.8 Å². The average Bonchev–Trinajstić information content (AvgIpc) is 3.46. The van der Waals surface area contributed by atoms with Crippen molar-refractivity contribution in [2.24, 2.45) is 17.1 Å². The minimum absolute atomic E-state index is 0.176. The SMILES string of the molecule is CC(C)(C)C1C=CC(NC(=O)NCCN(CCCCN)C[C@H]2O[C@@H](n3cnc4c(N)ncnc43)[C@H](O)[C@@H]2O)=CC1. The van der Waals surface area contributed by atoms with Gasteiger partial charge in [-0.2, -0.15) is 0 Å². The van der Waals surface area contributed by atoms with Crippen molar-refractivity contribution in [3.63, 3.8) is 0 Å². The number of anilines is 1. The molecular formula is C27H43N9O4. The van der Waals surface area contributed by atoms with E-state index in [4.69, 9.17) is 16.2 Å². The summed E-state index contributed by atoms with van der Waals surface area (Å²) in [5.41, 5.74) is 13.4. The number of amides is 2. The van der Waals surface area contributed by atoms with E-state index in [9.17, 15) is 15.0 Å². The number of allylic oxidation sites excluding steroid dienone is 3. The highest BCUT2D eigenvalue weighted by atomic mass is 16.6. The van der Waals surface area contributed by atoms with E-state index in [0.717, 1.165) is 25.0 Å². The van der Waals surface area contributed by atoms with Gasteiger partial charge < -0.3 is 37.1 Å². The fraction of sp³-hybridized carbons (Fsp3) is 0.630. The van der Waals surface area contributed by atoms with Gasteiger partial charge in [0, 0.05) is 25.3 Å². The molecule has 220 valence electrons. The number of unbranched alkanes of at least 4 members (excludes halogenated alkanes) is 1. The first kappa shape index (κ1) is 29.9. The molecule has 0 bridgehead atoms. The van der Waals surface area contributed by atoms with Crippen molar-refractivity contribution in [1.29, 1.82) is 0 Å². The molecule has 0 saturated carbocycles. The van der Waals surface area contributed by atoms with E-state index in [2.05, 4.69) is 63.4 Å². The van der Waals surface area contributed by atoms with Crippen LogP contribution in [0.3, 0.4) is 0 Å². The van der Waals surface area contributed by atoms with E-state index in [1.165, 1.54) is 12.7 Å². The molecule has 1 aliphatic heterocycles. The molecular weight excluding hydrogens is 514 g/mol. The number of urea groups is 1. The monoisotopic (exact) mass is 557 g/mol. The number of fused-ring (bicyclic) bond motifs is 1. The number of aliphatic hydroxyl groups excluding tert-OH is 2. The Morgan fingerprint density at radius 2 is 2.00 bits per heavy atom. The molecule has 1 fully saturated rings. The molecule has 8 N–H and O–H groups in total. The van der Waals surface area contributed by atoms with Crippen molar-refractivity contribution >= 4 is 23.0 Å². The molecule has 13 heteroatoms. The van der Waals surface area contributed by atoms with Crippen LogP contribution in [0.1, 0.15) is 46.3 Å². The Bertz CT molecular complexity index is 1210. The summed E-state index contributed by atoms with van der Waals surface area (Å²) in [4.78, 5) is 27.0. The third-order valence-electron chi connectivity index (χ3n) is 7.55. The van der Waals surface area contributed by atoms with Crippen molar-refractivity contribution < 1.29 is 19.7 Å². The molecule has 2 aliphatic rings. The molecule has 13 nitrogen and oxygen atoms in total. The third-order valence-corrected chi connectivity index (χ3v) is 7.55. The number of nitrogens with zero attached hydrogens (tertiary/aromatic N) is 5. The lowest BCUT2D eigenvalue weighted by molar-refractivity contribution is -0.0440. The molecule has 0 radical (unpaired) electrons. The van der Waals surface area contributed by atoms with Crippen LogP contribution in [0.2, 0.25) is 0 Å². The second kappa shape index (κ2) is 13.0. The van der Waals surface area contributed by atoms with Gasteiger partial charge >= 0.3 is 6.03 Å². The van der Waals surface area contributed by atoms with Gasteiger partial charge in [0.15, 0.2) is 17.7 Å². The molecule has 2 amide bonds. The number of imidazole rings is 1. The van der Waals surface area contributed by atoms with Gasteiger partial charge in [0.05, 0.1) is 6.33 Å². The minimum Gasteiger partial charge on any atom is -0.387 e. The van der Waals surface area contributed by atoms with E-state index >= 15 is 0 Å². The molecule has 0 spiro atoms. The average molecular weight is 558 g/mol. The number of nitrogens with two attached hydrogens (primary N) is 2. The quantitative estimate of drug-likeness (QED) is 0.216. The second-order valence-corrected chi connectivity index (χ2v) is 11.5. The zero-order valence-electron chi connectivity index (χ0n) is 23.5. The molecule has 1 unspecified atom stereocenters. The van der Waals surface area contributed by atoms with Crippen molar-refractivity contribution in [2.75, 3.05) is 38.5 Å². The zero-order valence-corrected chi connectivity index (χ0v) is 23.5. The number of aliphatic hydroxyl groups is 2. The maximum Gasteiger partial charge on any atom is 0.319 e. The highest BCUT2D eigenvalue weighted by Gasteiger charge is 2.44. The number of aromatic nitrogens is 4. The lowest BCUT2D eigenvalue weighted by atomic mass is 9.77. The normalized spacial score (nSPS) is 25.0. The second-order valence-electron chi connectivity index (χ2n) is 11.5. The van der Waals surface area contributed by atoms with Gasteiger partial charge in [-0.15, -0.1) is 0 Å². The van der Waals surface area contributed by atoms with Crippen LogP contribution in [0, 0.1) is 11.3 Å². The van der Waals surface area contributed by atoms with Crippen LogP contribution < -0.4 is 22.1 Å². The third kappa shape index (κ3) is 7.15. The summed E-state index contributed by atoms with van der Waals surface area (Å²) < 4.78 is 7.68. The molecule has 5 atom stereocenters. The van der Waals surface area contributed by atoms with Crippen molar-refractivity contribution in [3.05, 3.63) is 36.6 Å². The first-order chi connectivity index (χ1) is 19.1. The predicted octanol–water partition coefficient (Wildman–Crippen LogP) is 0.874. The number of ether oxygens (including phenoxy) is 1. The first-order valence-corrected chi connectivity index (χ1v) is 13.9. The highest BCUT2D eigenvalue weighted by Crippen LogP contribution is 2.33. The Morgan fingerprint density at radius 1 is 1.20 bits per heavy atom. The summed E-state index contributed by atoms with van der Waals surface area (Å²) in [6.07, 6.45) is 7.67. The van der Waals surface area contributed by atoms with Crippen LogP contribution in [0.25, 0.3) is 11.2 Å². The fourth-order valence-electron chi connectivity index (χ4n) is 5.05. The number of nitrogen functional groups attached to an aromatic ring is 1. The van der Waals surface area contributed by atoms with Crippen LogP contribution in [-0.2, 0) is 4.74 Å². The number of carbonyl (C=O) groups is 1. The van der Waals surface area contributed by atoms with Crippen LogP contribution in [-0.4, -0.2) is 91.7 Å². The summed E-state index contributed by atoms with van der Waals surface area (Å²) in [7, 11) is 0. The molecule has 0 aromatic carbocycles. The Balaban J connectivity index is 1.32. The summed E-state index contributed by atoms with van der Waals surface area (Å²) >= 11 is 0. The van der Waals surface area contributed by atoms with Crippen LogP contribution >= 0.6 is 0 Å². The Labute approximate surface area is 234 Å². The Kier molecular flexibility index (Phi) is 9.74. The standard InChI is InChI=1S/C27H43N9O4/c1-27(2,3)17-6-8-18(9-7-17)34-26(39)30-11-13-35(12-5-4-10-28)14-19-21(37)22(38)25(40-19)36-16-33-20-23(29)31-15-32-24(20)36/h6,8-9,15-17,19,21-22,25,37-38H,4-5,7,10-14,28H2,1-3H3,(H2,29,31,32)(H2,30,34,39)/t17?,19-,21-,22-,25-/m1/s1. The Morgan fingerprint density at radius 3 is 2.70 bits per heavy atom. The van der Waals surface area contributed by atoms with E-state index < -0.39 is 24.5 Å². The summed E-state index contributed by atoms with van der Waals surface area (Å²) in [5, 5.41) is 27.5. The molecule has 40 heavy (non-hydrogen) atoms. The molecule has 2 aromatic heterocycles. The van der Waals surface area contributed by atoms with Crippen LogP contribution in [0.5, 0.6) is 0 Å². The van der Waals surface area contributed by atoms with Gasteiger partial charge in [-0.3, -0.25) is 9.47 Å². The largest absolute Gasteiger partial charge is 0.387 e. The van der Waals surface area contributed by atoms with E-state index in [0.29, 0.717) is 49.8 Å². The number of carbonyl (C=O) groups excluding carboxylic acids is 1. The van der Waals surface area contributed by atoms with E-state index in [1.54, 1.807) is 4.57 Å². The Hall–Kier alpha value is -3.10. The topological polar surface area (TPSA) is 190 Å². The lowest BCUT2D eigenvalue weighted by Gasteiger charge is -2.29. The van der Waals surface area contributed by atoms with Gasteiger partial charge in [0.2, 0.25) is 0 Å². The first-order valence-electron chi connectivity index (χ1n) is 13.9. The number of hydrogen-bond acceptors (Lipinski definition) is 10. The molecule has 4 rings (SSSR count). The summed E-state index contributed by atoms with van der Waals surface area (Å²) in [6.45, 7) is 9.19. The lowest BCUT2D eigenvalue weighted by Crippen LogP contribution is -2.44. The molecule has 2 aromatic rings. The zero-order chi connectivity index (χ0) is 28.9. The van der Waals surface area contributed by atoms with E-state index in [-0.39, 0.29) is 17.3 Å². The predicted molar refractivity (Wildman–Crippen MR) is 152 cm³/mol. The maximum absolute atomic E-state index is 12.5. The van der Waals surface area contributed by atoms with Crippen LogP contribution in [0.15, 0.2) is 36.6 Å². The maximum atomic E-state index is 12.5. The van der Waals surface area contributed by atoms with Gasteiger partial charge in [-0.25, -0.2) is 19.7 Å². The molecule has 3 heterocycles. The number of nitrogens with one attached hydrogen (secondary N) is 2. The van der Waals surface area contributed by atoms with Gasteiger partial charge in [0.1, 0.15) is 30.2 Å². The van der Waals surface area contributed by atoms with E-state index in [1.807, 2.05) is 6.08 Å².